The van der Waals surface area contributed by atoms with Crippen molar-refractivity contribution in [3.63, 3.8) is 0 Å². The summed E-state index contributed by atoms with van der Waals surface area (Å²) in [5, 5.41) is 6.31. The fourth-order valence-corrected chi connectivity index (χ4v) is 2.32. The standard InChI is InChI=1S/C19H23F2N3O3.HI/c1-22-19(24-14-7-8-16(25-2)17(10-14)26-3)23-11-13-5-4-6-15(9-13)27-12-18(20)21;/h4-10,18H,11-12H2,1-3H3,(H2,22,23,24);1H. The van der Waals surface area contributed by atoms with Gasteiger partial charge in [0.15, 0.2) is 17.5 Å². The Kier molecular flexibility index (Phi) is 10.4. The average molecular weight is 507 g/mol. The van der Waals surface area contributed by atoms with E-state index in [1.54, 1.807) is 51.6 Å². The zero-order valence-corrected chi connectivity index (χ0v) is 18.2. The maximum Gasteiger partial charge on any atom is 0.272 e. The quantitative estimate of drug-likeness (QED) is 0.320. The molecule has 0 saturated heterocycles. The number of aliphatic imine (C=N–C) groups is 1. The number of hydrogen-bond donors (Lipinski definition) is 2. The van der Waals surface area contributed by atoms with Crippen molar-refractivity contribution in [3.8, 4) is 17.2 Å². The Morgan fingerprint density at radius 2 is 1.82 bits per heavy atom. The number of rotatable bonds is 8. The van der Waals surface area contributed by atoms with Crippen LogP contribution in [0.3, 0.4) is 0 Å². The first-order valence-electron chi connectivity index (χ1n) is 8.25. The van der Waals surface area contributed by atoms with E-state index in [1.165, 1.54) is 0 Å². The smallest absolute Gasteiger partial charge is 0.272 e. The largest absolute Gasteiger partial charge is 0.493 e. The average Bonchev–Trinajstić information content (AvgIpc) is 2.69. The molecule has 0 fully saturated rings. The minimum atomic E-state index is -2.50. The molecule has 2 aromatic carbocycles. The third-order valence-corrected chi connectivity index (χ3v) is 3.60. The van der Waals surface area contributed by atoms with Crippen LogP contribution in [-0.2, 0) is 6.54 Å². The maximum absolute atomic E-state index is 12.3. The number of ether oxygens (including phenoxy) is 3. The minimum absolute atomic E-state index is 0. The lowest BCUT2D eigenvalue weighted by molar-refractivity contribution is 0.0818. The first-order valence-corrected chi connectivity index (χ1v) is 8.25. The monoisotopic (exact) mass is 507 g/mol. The van der Waals surface area contributed by atoms with Gasteiger partial charge in [-0.15, -0.1) is 24.0 Å². The first kappa shape index (κ1) is 23.7. The van der Waals surface area contributed by atoms with Gasteiger partial charge in [0.05, 0.1) is 14.2 Å². The topological polar surface area (TPSA) is 64.1 Å². The van der Waals surface area contributed by atoms with Crippen molar-refractivity contribution in [3.05, 3.63) is 48.0 Å². The Bertz CT molecular complexity index is 776. The molecular weight excluding hydrogens is 483 g/mol. The second kappa shape index (κ2) is 12.2. The molecule has 0 bridgehead atoms. The van der Waals surface area contributed by atoms with Crippen molar-refractivity contribution in [2.45, 2.75) is 13.0 Å². The van der Waals surface area contributed by atoms with Crippen LogP contribution in [0, 0.1) is 0 Å². The zero-order chi connectivity index (χ0) is 19.6. The molecule has 2 N–H and O–H groups in total. The third kappa shape index (κ3) is 7.37. The molecule has 0 spiro atoms. The summed E-state index contributed by atoms with van der Waals surface area (Å²) in [6.45, 7) is -0.182. The fraction of sp³-hybridized carbons (Fsp3) is 0.316. The van der Waals surface area contributed by atoms with Gasteiger partial charge in [0.25, 0.3) is 6.43 Å². The predicted octanol–water partition coefficient (Wildman–Crippen LogP) is 4.15. The molecule has 154 valence electrons. The van der Waals surface area contributed by atoms with Crippen molar-refractivity contribution in [1.29, 1.82) is 0 Å². The highest BCUT2D eigenvalue weighted by atomic mass is 127. The molecule has 0 aromatic heterocycles. The van der Waals surface area contributed by atoms with Crippen LogP contribution >= 0.6 is 24.0 Å². The molecule has 0 amide bonds. The number of nitrogens with zero attached hydrogens (tertiary/aromatic N) is 1. The number of hydrogen-bond acceptors (Lipinski definition) is 4. The molecular formula is C19H24F2IN3O3. The van der Waals surface area contributed by atoms with E-state index < -0.39 is 13.0 Å². The Labute approximate surface area is 180 Å². The summed E-state index contributed by atoms with van der Waals surface area (Å²) in [4.78, 5) is 4.17. The molecule has 0 saturated carbocycles. The number of nitrogens with one attached hydrogen (secondary N) is 2. The first-order chi connectivity index (χ1) is 13.0. The van der Waals surface area contributed by atoms with Crippen molar-refractivity contribution in [2.24, 2.45) is 4.99 Å². The summed E-state index contributed by atoms with van der Waals surface area (Å²) in [6.07, 6.45) is -2.50. The third-order valence-electron chi connectivity index (χ3n) is 3.60. The lowest BCUT2D eigenvalue weighted by Crippen LogP contribution is -2.30. The highest BCUT2D eigenvalue weighted by Crippen LogP contribution is 2.29. The Hall–Kier alpha value is -2.30. The van der Waals surface area contributed by atoms with E-state index in [0.717, 1.165) is 11.3 Å². The number of alkyl halides is 2. The van der Waals surface area contributed by atoms with Crippen LogP contribution in [0.2, 0.25) is 0 Å². The van der Waals surface area contributed by atoms with E-state index in [9.17, 15) is 8.78 Å². The van der Waals surface area contributed by atoms with Crippen LogP contribution in [0.15, 0.2) is 47.5 Å². The summed E-state index contributed by atoms with van der Waals surface area (Å²) in [6, 6.07) is 12.4. The van der Waals surface area contributed by atoms with Crippen LogP contribution in [0.25, 0.3) is 0 Å². The summed E-state index contributed by atoms with van der Waals surface area (Å²) >= 11 is 0. The van der Waals surface area contributed by atoms with Crippen LogP contribution in [0.5, 0.6) is 17.2 Å². The molecule has 2 aromatic rings. The van der Waals surface area contributed by atoms with E-state index >= 15 is 0 Å². The van der Waals surface area contributed by atoms with Gasteiger partial charge in [0.1, 0.15) is 12.4 Å². The second-order valence-corrected chi connectivity index (χ2v) is 5.47. The van der Waals surface area contributed by atoms with Gasteiger partial charge in [0.2, 0.25) is 0 Å². The molecule has 6 nitrogen and oxygen atoms in total. The van der Waals surface area contributed by atoms with E-state index in [-0.39, 0.29) is 24.0 Å². The maximum atomic E-state index is 12.3. The molecule has 28 heavy (non-hydrogen) atoms. The van der Waals surface area contributed by atoms with Gasteiger partial charge in [-0.2, -0.15) is 0 Å². The van der Waals surface area contributed by atoms with Gasteiger partial charge in [0, 0.05) is 25.3 Å². The molecule has 2 rings (SSSR count). The summed E-state index contributed by atoms with van der Waals surface area (Å²) < 4.78 is 40.0. The van der Waals surface area contributed by atoms with E-state index in [1.807, 2.05) is 12.1 Å². The number of guanidine groups is 1. The van der Waals surface area contributed by atoms with Crippen LogP contribution in [-0.4, -0.2) is 40.3 Å². The van der Waals surface area contributed by atoms with E-state index in [2.05, 4.69) is 15.6 Å². The lowest BCUT2D eigenvalue weighted by Gasteiger charge is -2.14. The number of halogens is 3. The summed E-state index contributed by atoms with van der Waals surface area (Å²) in [5.74, 6) is 2.17. The van der Waals surface area contributed by atoms with Gasteiger partial charge in [-0.3, -0.25) is 4.99 Å². The highest BCUT2D eigenvalue weighted by molar-refractivity contribution is 14.0. The SMILES string of the molecule is CN=C(NCc1cccc(OCC(F)F)c1)Nc1ccc(OC)c(OC)c1.I. The molecule has 9 heteroatoms. The number of anilines is 1. The van der Waals surface area contributed by atoms with Crippen LogP contribution in [0.4, 0.5) is 14.5 Å². The molecule has 0 radical (unpaired) electrons. The zero-order valence-electron chi connectivity index (χ0n) is 15.9. The predicted molar refractivity (Wildman–Crippen MR) is 117 cm³/mol. The molecule has 0 atom stereocenters. The van der Waals surface area contributed by atoms with Gasteiger partial charge in [-0.1, -0.05) is 12.1 Å². The highest BCUT2D eigenvalue weighted by Gasteiger charge is 2.07. The van der Waals surface area contributed by atoms with Gasteiger partial charge in [-0.05, 0) is 29.8 Å². The molecule has 0 aliphatic rings. The van der Waals surface area contributed by atoms with Crippen molar-refractivity contribution < 1.29 is 23.0 Å². The van der Waals surface area contributed by atoms with Crippen LogP contribution in [0.1, 0.15) is 5.56 Å². The summed E-state index contributed by atoms with van der Waals surface area (Å²) in [5.41, 5.74) is 1.65. The fourth-order valence-electron chi connectivity index (χ4n) is 2.32. The Morgan fingerprint density at radius 1 is 1.07 bits per heavy atom. The normalized spacial score (nSPS) is 10.9. The van der Waals surface area contributed by atoms with Crippen molar-refractivity contribution in [1.82, 2.24) is 5.32 Å². The second-order valence-electron chi connectivity index (χ2n) is 5.47. The molecule has 0 unspecified atom stereocenters. The Balaban J connectivity index is 0.00000392. The lowest BCUT2D eigenvalue weighted by atomic mass is 10.2. The van der Waals surface area contributed by atoms with Crippen molar-refractivity contribution in [2.75, 3.05) is 33.2 Å². The molecule has 0 heterocycles. The van der Waals surface area contributed by atoms with Crippen LogP contribution < -0.4 is 24.8 Å². The number of benzene rings is 2. The van der Waals surface area contributed by atoms with Gasteiger partial charge < -0.3 is 24.8 Å². The Morgan fingerprint density at radius 3 is 2.46 bits per heavy atom. The summed E-state index contributed by atoms with van der Waals surface area (Å²) in [7, 11) is 4.79. The van der Waals surface area contributed by atoms with Gasteiger partial charge >= 0.3 is 0 Å². The van der Waals surface area contributed by atoms with Crippen molar-refractivity contribution >= 4 is 35.6 Å². The minimum Gasteiger partial charge on any atom is -0.493 e. The van der Waals surface area contributed by atoms with E-state index in [4.69, 9.17) is 14.2 Å². The number of methoxy groups -OCH3 is 2. The molecule has 0 aliphatic carbocycles. The molecule has 0 aliphatic heterocycles. The van der Waals surface area contributed by atoms with Gasteiger partial charge in [-0.25, -0.2) is 8.78 Å². The van der Waals surface area contributed by atoms with E-state index in [0.29, 0.717) is 29.8 Å².